The van der Waals surface area contributed by atoms with Crippen LogP contribution >= 0.6 is 11.6 Å². The molecule has 1 aliphatic heterocycles. The van der Waals surface area contributed by atoms with Gasteiger partial charge in [-0.3, -0.25) is 0 Å². The van der Waals surface area contributed by atoms with Crippen LogP contribution in [0.5, 0.6) is 11.5 Å². The highest BCUT2D eigenvalue weighted by Crippen LogP contribution is 2.32. The Morgan fingerprint density at radius 3 is 2.83 bits per heavy atom. The van der Waals surface area contributed by atoms with Crippen molar-refractivity contribution >= 4 is 11.6 Å². The van der Waals surface area contributed by atoms with Crippen LogP contribution in [0.4, 0.5) is 0 Å². The summed E-state index contributed by atoms with van der Waals surface area (Å²) in [5.74, 6) is 1.98. The summed E-state index contributed by atoms with van der Waals surface area (Å²) in [6, 6.07) is 11.1. The maximum Gasteiger partial charge on any atom is 0.247 e. The molecule has 24 heavy (non-hydrogen) atoms. The van der Waals surface area contributed by atoms with Crippen molar-refractivity contribution in [1.82, 2.24) is 10.2 Å². The Morgan fingerprint density at radius 1 is 1.17 bits per heavy atom. The predicted octanol–water partition coefficient (Wildman–Crippen LogP) is 3.84. The third-order valence-electron chi connectivity index (χ3n) is 3.61. The van der Waals surface area contributed by atoms with Crippen LogP contribution in [-0.2, 0) is 18.0 Å². The average molecular weight is 345 g/mol. The number of nitrogens with zero attached hydrogens (tertiary/aromatic N) is 2. The number of benzene rings is 2. The Kier molecular flexibility index (Phi) is 4.06. The van der Waals surface area contributed by atoms with E-state index in [2.05, 4.69) is 10.2 Å². The molecule has 0 aliphatic carbocycles. The molecule has 2 heterocycles. The van der Waals surface area contributed by atoms with Gasteiger partial charge in [-0.15, -0.1) is 10.2 Å². The first-order valence-corrected chi connectivity index (χ1v) is 7.68. The number of rotatable bonds is 4. The second kappa shape index (κ2) is 6.51. The summed E-state index contributed by atoms with van der Waals surface area (Å²) in [6.45, 7) is 1.07. The van der Waals surface area contributed by atoms with Gasteiger partial charge in [0.15, 0.2) is 6.79 Å². The summed E-state index contributed by atoms with van der Waals surface area (Å²) >= 11 is 6.15. The molecule has 6 nitrogen and oxygen atoms in total. The van der Waals surface area contributed by atoms with E-state index in [-0.39, 0.29) is 6.79 Å². The largest absolute Gasteiger partial charge is 0.489 e. The lowest BCUT2D eigenvalue weighted by molar-refractivity contribution is -0.0175. The van der Waals surface area contributed by atoms with Gasteiger partial charge in [0.05, 0.1) is 6.61 Å². The normalized spacial score (nSPS) is 13.2. The number of halogens is 1. The molecule has 0 saturated heterocycles. The van der Waals surface area contributed by atoms with Gasteiger partial charge in [-0.1, -0.05) is 11.6 Å². The van der Waals surface area contributed by atoms with Gasteiger partial charge in [0.2, 0.25) is 12.3 Å². The van der Waals surface area contributed by atoms with Crippen LogP contribution in [-0.4, -0.2) is 17.0 Å². The molecule has 1 aromatic heterocycles. The van der Waals surface area contributed by atoms with Gasteiger partial charge in [-0.25, -0.2) is 0 Å². The minimum absolute atomic E-state index is 0.237. The van der Waals surface area contributed by atoms with Gasteiger partial charge < -0.3 is 18.6 Å². The van der Waals surface area contributed by atoms with Crippen LogP contribution in [0.15, 0.2) is 47.2 Å². The second-order valence-corrected chi connectivity index (χ2v) is 5.66. The van der Waals surface area contributed by atoms with Crippen LogP contribution in [0.1, 0.15) is 11.1 Å². The predicted molar refractivity (Wildman–Crippen MR) is 85.8 cm³/mol. The summed E-state index contributed by atoms with van der Waals surface area (Å²) in [4.78, 5) is 0. The zero-order valence-electron chi connectivity index (χ0n) is 12.6. The van der Waals surface area contributed by atoms with Crippen molar-refractivity contribution in [3.05, 3.63) is 58.9 Å². The summed E-state index contributed by atoms with van der Waals surface area (Å²) in [5, 5.41) is 8.16. The zero-order chi connectivity index (χ0) is 16.4. The molecule has 4 rings (SSSR count). The highest BCUT2D eigenvalue weighted by molar-refractivity contribution is 6.30. The summed E-state index contributed by atoms with van der Waals surface area (Å²) in [6.07, 6.45) is 1.30. The molecule has 0 radical (unpaired) electrons. The average Bonchev–Trinajstić information content (AvgIpc) is 3.14. The molecule has 3 aromatic rings. The smallest absolute Gasteiger partial charge is 0.247 e. The molecular weight excluding hydrogens is 332 g/mol. The van der Waals surface area contributed by atoms with E-state index >= 15 is 0 Å². The number of aromatic nitrogens is 2. The molecule has 0 amide bonds. The van der Waals surface area contributed by atoms with E-state index in [0.717, 1.165) is 28.2 Å². The lowest BCUT2D eigenvalue weighted by atomic mass is 10.1. The summed E-state index contributed by atoms with van der Waals surface area (Å²) in [5.41, 5.74) is 2.65. The Morgan fingerprint density at radius 2 is 2.04 bits per heavy atom. The number of fused-ring (bicyclic) bond motifs is 1. The van der Waals surface area contributed by atoms with Crippen LogP contribution in [0.3, 0.4) is 0 Å². The summed E-state index contributed by atoms with van der Waals surface area (Å²) < 4.78 is 21.9. The molecule has 0 N–H and O–H groups in total. The quantitative estimate of drug-likeness (QED) is 0.716. The first-order valence-electron chi connectivity index (χ1n) is 7.31. The van der Waals surface area contributed by atoms with Crippen molar-refractivity contribution in [2.75, 3.05) is 6.79 Å². The fourth-order valence-electron chi connectivity index (χ4n) is 2.52. The minimum atomic E-state index is 0.237. The number of hydrogen-bond acceptors (Lipinski definition) is 6. The fraction of sp³-hybridized carbons (Fsp3) is 0.176. The molecule has 0 bridgehead atoms. The van der Waals surface area contributed by atoms with Crippen molar-refractivity contribution < 1.29 is 18.6 Å². The Bertz CT molecular complexity index is 835. The maximum atomic E-state index is 6.15. The van der Waals surface area contributed by atoms with E-state index < -0.39 is 0 Å². The van der Waals surface area contributed by atoms with E-state index in [4.69, 9.17) is 30.2 Å². The monoisotopic (exact) mass is 344 g/mol. The van der Waals surface area contributed by atoms with E-state index in [9.17, 15) is 0 Å². The van der Waals surface area contributed by atoms with Gasteiger partial charge in [-0.2, -0.15) is 0 Å². The zero-order valence-corrected chi connectivity index (χ0v) is 13.3. The Hall–Kier alpha value is -2.57. The van der Waals surface area contributed by atoms with E-state index in [1.165, 1.54) is 6.39 Å². The van der Waals surface area contributed by atoms with Crippen molar-refractivity contribution in [3.8, 4) is 23.0 Å². The van der Waals surface area contributed by atoms with E-state index in [1.54, 1.807) is 0 Å². The molecule has 0 fully saturated rings. The first-order chi connectivity index (χ1) is 11.8. The molecule has 2 aromatic carbocycles. The van der Waals surface area contributed by atoms with Crippen LogP contribution in [0.25, 0.3) is 11.5 Å². The lowest BCUT2D eigenvalue weighted by Gasteiger charge is -2.21. The van der Waals surface area contributed by atoms with E-state index in [0.29, 0.717) is 24.1 Å². The fourth-order valence-corrected chi connectivity index (χ4v) is 2.78. The van der Waals surface area contributed by atoms with Crippen molar-refractivity contribution in [2.24, 2.45) is 0 Å². The molecule has 0 unspecified atom stereocenters. The standard InChI is InChI=1S/C17H13ClN2O4/c18-14-5-12-7-21-10-24-16(12)13(6-14)8-22-15-3-1-11(2-4-15)17-20-19-9-23-17/h1-6,9H,7-8,10H2. The van der Waals surface area contributed by atoms with Crippen LogP contribution in [0, 0.1) is 0 Å². The summed E-state index contributed by atoms with van der Waals surface area (Å²) in [7, 11) is 0. The lowest BCUT2D eigenvalue weighted by Crippen LogP contribution is -2.14. The molecule has 122 valence electrons. The highest BCUT2D eigenvalue weighted by atomic mass is 35.5. The van der Waals surface area contributed by atoms with Crippen LogP contribution in [0.2, 0.25) is 5.02 Å². The molecule has 0 saturated carbocycles. The van der Waals surface area contributed by atoms with Gasteiger partial charge in [0, 0.05) is 21.7 Å². The molecular formula is C17H13ClN2O4. The van der Waals surface area contributed by atoms with Gasteiger partial charge >= 0.3 is 0 Å². The second-order valence-electron chi connectivity index (χ2n) is 5.22. The highest BCUT2D eigenvalue weighted by Gasteiger charge is 2.17. The Balaban J connectivity index is 1.50. The van der Waals surface area contributed by atoms with Crippen molar-refractivity contribution in [3.63, 3.8) is 0 Å². The molecule has 7 heteroatoms. The number of hydrogen-bond donors (Lipinski definition) is 0. The maximum absolute atomic E-state index is 6.15. The van der Waals surface area contributed by atoms with Crippen molar-refractivity contribution in [2.45, 2.75) is 13.2 Å². The van der Waals surface area contributed by atoms with E-state index in [1.807, 2.05) is 36.4 Å². The van der Waals surface area contributed by atoms with Crippen molar-refractivity contribution in [1.29, 1.82) is 0 Å². The van der Waals surface area contributed by atoms with Crippen LogP contribution < -0.4 is 9.47 Å². The van der Waals surface area contributed by atoms with Gasteiger partial charge in [-0.05, 0) is 36.4 Å². The molecule has 0 atom stereocenters. The third kappa shape index (κ3) is 3.06. The van der Waals surface area contributed by atoms with Gasteiger partial charge in [0.1, 0.15) is 18.1 Å². The first kappa shape index (κ1) is 15.0. The molecule has 0 spiro atoms. The van der Waals surface area contributed by atoms with Gasteiger partial charge in [0.25, 0.3) is 0 Å². The topological polar surface area (TPSA) is 66.6 Å². The molecule has 1 aliphatic rings. The SMILES string of the molecule is Clc1cc2c(c(COc3ccc(-c4nnco4)cc3)c1)OCOC2. The number of ether oxygens (including phenoxy) is 3. The minimum Gasteiger partial charge on any atom is -0.489 e. The third-order valence-corrected chi connectivity index (χ3v) is 3.83. The Labute approximate surface area is 142 Å².